The highest BCUT2D eigenvalue weighted by molar-refractivity contribution is 5.52. The minimum absolute atomic E-state index is 0.259. The van der Waals surface area contributed by atoms with Crippen LogP contribution in [0.15, 0.2) is 6.07 Å². The topological polar surface area (TPSA) is 93.1 Å². The molecule has 6 heteroatoms. The fourth-order valence-electron chi connectivity index (χ4n) is 2.71. The van der Waals surface area contributed by atoms with Gasteiger partial charge in [0.25, 0.3) is 0 Å². The lowest BCUT2D eigenvalue weighted by Gasteiger charge is -2.23. The number of aromatic nitrogens is 2. The molecule has 1 fully saturated rings. The van der Waals surface area contributed by atoms with Crippen LogP contribution in [-0.2, 0) is 0 Å². The summed E-state index contributed by atoms with van der Waals surface area (Å²) in [7, 11) is 0. The van der Waals surface area contributed by atoms with Crippen LogP contribution >= 0.6 is 0 Å². The van der Waals surface area contributed by atoms with Crippen LogP contribution in [0.3, 0.4) is 0 Å². The standard InChI is InChI=1S/C13H24N6/c1-9(2)10-4-3-6-19(7-5-10)12-8-11(18-15)16-13(14)17-12/h8-10H,3-7,15H2,1-2H3,(H3,14,16,17,18). The Morgan fingerprint density at radius 3 is 2.79 bits per heavy atom. The Bertz CT molecular complexity index is 420. The van der Waals surface area contributed by atoms with E-state index in [0.717, 1.165) is 30.7 Å². The summed E-state index contributed by atoms with van der Waals surface area (Å²) < 4.78 is 0. The quantitative estimate of drug-likeness (QED) is 0.567. The first-order valence-electron chi connectivity index (χ1n) is 6.96. The van der Waals surface area contributed by atoms with Gasteiger partial charge in [-0.3, -0.25) is 0 Å². The Kier molecular flexibility index (Phi) is 4.42. The first kappa shape index (κ1) is 13.9. The smallest absolute Gasteiger partial charge is 0.223 e. The van der Waals surface area contributed by atoms with E-state index in [1.807, 2.05) is 6.07 Å². The number of anilines is 3. The molecule has 6 nitrogen and oxygen atoms in total. The van der Waals surface area contributed by atoms with Crippen molar-refractivity contribution in [2.24, 2.45) is 17.7 Å². The predicted molar refractivity (Wildman–Crippen MR) is 78.6 cm³/mol. The van der Waals surface area contributed by atoms with E-state index in [1.165, 1.54) is 19.3 Å². The number of nitrogens with two attached hydrogens (primary N) is 2. The highest BCUT2D eigenvalue weighted by atomic mass is 15.3. The van der Waals surface area contributed by atoms with Crippen LogP contribution < -0.4 is 21.9 Å². The lowest BCUT2D eigenvalue weighted by atomic mass is 9.89. The second-order valence-corrected chi connectivity index (χ2v) is 5.54. The summed E-state index contributed by atoms with van der Waals surface area (Å²) in [4.78, 5) is 10.6. The van der Waals surface area contributed by atoms with Crippen LogP contribution in [0.25, 0.3) is 0 Å². The maximum atomic E-state index is 5.71. The van der Waals surface area contributed by atoms with Crippen molar-refractivity contribution in [2.45, 2.75) is 33.1 Å². The molecule has 0 radical (unpaired) electrons. The summed E-state index contributed by atoms with van der Waals surface area (Å²) in [5.41, 5.74) is 8.24. The third-order valence-corrected chi connectivity index (χ3v) is 3.92. The molecule has 5 N–H and O–H groups in total. The molecule has 0 amide bonds. The summed E-state index contributed by atoms with van der Waals surface area (Å²) in [6.45, 7) is 6.64. The molecule has 19 heavy (non-hydrogen) atoms. The van der Waals surface area contributed by atoms with E-state index in [9.17, 15) is 0 Å². The molecule has 1 aliphatic rings. The highest BCUT2D eigenvalue weighted by Crippen LogP contribution is 2.27. The zero-order valence-corrected chi connectivity index (χ0v) is 11.8. The summed E-state index contributed by atoms with van der Waals surface area (Å²) in [5.74, 6) is 8.63. The lowest BCUT2D eigenvalue weighted by Crippen LogP contribution is -2.26. The first-order valence-corrected chi connectivity index (χ1v) is 6.96. The van der Waals surface area contributed by atoms with Gasteiger partial charge in [0, 0.05) is 19.2 Å². The molecule has 1 unspecified atom stereocenters. The second kappa shape index (κ2) is 6.06. The molecule has 0 aliphatic carbocycles. The maximum absolute atomic E-state index is 5.71. The predicted octanol–water partition coefficient (Wildman–Crippen LogP) is 1.61. The van der Waals surface area contributed by atoms with Gasteiger partial charge >= 0.3 is 0 Å². The fourth-order valence-corrected chi connectivity index (χ4v) is 2.71. The van der Waals surface area contributed by atoms with Crippen molar-refractivity contribution in [3.05, 3.63) is 6.07 Å². The van der Waals surface area contributed by atoms with Gasteiger partial charge in [-0.25, -0.2) is 5.84 Å². The number of rotatable bonds is 3. The van der Waals surface area contributed by atoms with Crippen molar-refractivity contribution in [3.63, 3.8) is 0 Å². The van der Waals surface area contributed by atoms with Crippen LogP contribution in [0.2, 0.25) is 0 Å². The highest BCUT2D eigenvalue weighted by Gasteiger charge is 2.20. The normalized spacial score (nSPS) is 20.4. The summed E-state index contributed by atoms with van der Waals surface area (Å²) in [6.07, 6.45) is 3.68. The van der Waals surface area contributed by atoms with E-state index in [0.29, 0.717) is 5.82 Å². The monoisotopic (exact) mass is 264 g/mol. The molecule has 1 aromatic rings. The van der Waals surface area contributed by atoms with Gasteiger partial charge in [-0.15, -0.1) is 0 Å². The molecule has 106 valence electrons. The maximum Gasteiger partial charge on any atom is 0.223 e. The second-order valence-electron chi connectivity index (χ2n) is 5.54. The summed E-state index contributed by atoms with van der Waals surface area (Å²) >= 11 is 0. The molecule has 0 saturated carbocycles. The molecular formula is C13H24N6. The van der Waals surface area contributed by atoms with E-state index in [2.05, 4.69) is 34.1 Å². The molecule has 0 aromatic carbocycles. The average Bonchev–Trinajstić information content (AvgIpc) is 2.63. The number of hydrogen-bond donors (Lipinski definition) is 3. The minimum atomic E-state index is 0.259. The van der Waals surface area contributed by atoms with Gasteiger partial charge in [0.2, 0.25) is 5.95 Å². The zero-order chi connectivity index (χ0) is 13.8. The van der Waals surface area contributed by atoms with Crippen molar-refractivity contribution in [1.82, 2.24) is 9.97 Å². The Balaban J connectivity index is 2.11. The first-order chi connectivity index (χ1) is 9.10. The number of hydrazine groups is 1. The molecule has 1 atom stereocenters. The molecule has 0 bridgehead atoms. The van der Waals surface area contributed by atoms with E-state index >= 15 is 0 Å². The SMILES string of the molecule is CC(C)C1CCCN(c2cc(NN)nc(N)n2)CC1. The fraction of sp³-hybridized carbons (Fsp3) is 0.692. The number of nitrogen functional groups attached to an aromatic ring is 2. The zero-order valence-electron chi connectivity index (χ0n) is 11.8. The van der Waals surface area contributed by atoms with E-state index in [-0.39, 0.29) is 5.95 Å². The number of hydrogen-bond acceptors (Lipinski definition) is 6. The van der Waals surface area contributed by atoms with Crippen LogP contribution in [0, 0.1) is 11.8 Å². The van der Waals surface area contributed by atoms with Crippen molar-refractivity contribution in [3.8, 4) is 0 Å². The molecule has 2 rings (SSSR count). The van der Waals surface area contributed by atoms with Gasteiger partial charge in [-0.2, -0.15) is 9.97 Å². The lowest BCUT2D eigenvalue weighted by molar-refractivity contribution is 0.351. The molecule has 1 saturated heterocycles. The molecular weight excluding hydrogens is 240 g/mol. The van der Waals surface area contributed by atoms with E-state index in [4.69, 9.17) is 11.6 Å². The molecule has 1 aliphatic heterocycles. The van der Waals surface area contributed by atoms with E-state index < -0.39 is 0 Å². The van der Waals surface area contributed by atoms with Gasteiger partial charge in [-0.1, -0.05) is 13.8 Å². The summed E-state index contributed by atoms with van der Waals surface area (Å²) in [6, 6.07) is 1.85. The number of nitrogens with one attached hydrogen (secondary N) is 1. The molecule has 1 aromatic heterocycles. The largest absolute Gasteiger partial charge is 0.368 e. The third-order valence-electron chi connectivity index (χ3n) is 3.92. The van der Waals surface area contributed by atoms with Gasteiger partial charge in [-0.05, 0) is 31.1 Å². The van der Waals surface area contributed by atoms with Crippen molar-refractivity contribution < 1.29 is 0 Å². The average molecular weight is 264 g/mol. The molecule has 0 spiro atoms. The van der Waals surface area contributed by atoms with Crippen LogP contribution in [0.4, 0.5) is 17.6 Å². The van der Waals surface area contributed by atoms with Gasteiger partial charge in [0.15, 0.2) is 0 Å². The summed E-state index contributed by atoms with van der Waals surface area (Å²) in [5, 5.41) is 0. The Labute approximate surface area is 114 Å². The Morgan fingerprint density at radius 2 is 2.11 bits per heavy atom. The van der Waals surface area contributed by atoms with Crippen LogP contribution in [0.1, 0.15) is 33.1 Å². The number of nitrogens with zero attached hydrogens (tertiary/aromatic N) is 3. The van der Waals surface area contributed by atoms with Crippen LogP contribution in [0.5, 0.6) is 0 Å². The van der Waals surface area contributed by atoms with E-state index in [1.54, 1.807) is 0 Å². The van der Waals surface area contributed by atoms with Gasteiger partial charge < -0.3 is 16.1 Å². The van der Waals surface area contributed by atoms with Crippen molar-refractivity contribution >= 4 is 17.6 Å². The van der Waals surface area contributed by atoms with Gasteiger partial charge in [0.05, 0.1) is 0 Å². The van der Waals surface area contributed by atoms with Crippen molar-refractivity contribution in [2.75, 3.05) is 29.1 Å². The Hall–Kier alpha value is -1.56. The third kappa shape index (κ3) is 3.47. The molecule has 2 heterocycles. The van der Waals surface area contributed by atoms with Crippen LogP contribution in [-0.4, -0.2) is 23.1 Å². The van der Waals surface area contributed by atoms with Gasteiger partial charge in [0.1, 0.15) is 11.6 Å². The minimum Gasteiger partial charge on any atom is -0.368 e. The Morgan fingerprint density at radius 1 is 1.32 bits per heavy atom. The van der Waals surface area contributed by atoms with Crippen molar-refractivity contribution in [1.29, 1.82) is 0 Å².